The summed E-state index contributed by atoms with van der Waals surface area (Å²) in [6.07, 6.45) is 4.05. The highest BCUT2D eigenvalue weighted by molar-refractivity contribution is 7.13. The van der Waals surface area contributed by atoms with Gasteiger partial charge in [-0.2, -0.15) is 0 Å². The van der Waals surface area contributed by atoms with Gasteiger partial charge in [-0.25, -0.2) is 9.97 Å². The number of carbonyl (C=O) groups excluding carboxylic acids is 1. The van der Waals surface area contributed by atoms with Crippen LogP contribution in [0.1, 0.15) is 12.8 Å². The fourth-order valence-corrected chi connectivity index (χ4v) is 3.48. The van der Waals surface area contributed by atoms with Crippen LogP contribution in [0, 0.1) is 0 Å². The van der Waals surface area contributed by atoms with Crippen molar-refractivity contribution in [1.82, 2.24) is 9.97 Å². The van der Waals surface area contributed by atoms with Gasteiger partial charge < -0.3 is 9.64 Å². The largest absolute Gasteiger partial charge is 0.481 e. The molecule has 1 fully saturated rings. The summed E-state index contributed by atoms with van der Waals surface area (Å²) in [4.78, 5) is 23.1. The van der Waals surface area contributed by atoms with Crippen LogP contribution in [0.5, 0.6) is 5.75 Å². The minimum Gasteiger partial charge on any atom is -0.481 e. The SMILES string of the molecule is O=C(COc1cccc2ccc(N3CCCC3)nc12)Nc1nccs1. The highest BCUT2D eigenvalue weighted by Crippen LogP contribution is 2.27. The Kier molecular flexibility index (Phi) is 4.47. The van der Waals surface area contributed by atoms with Gasteiger partial charge >= 0.3 is 0 Å². The first-order valence-electron chi connectivity index (χ1n) is 8.26. The summed E-state index contributed by atoms with van der Waals surface area (Å²) >= 11 is 1.38. The number of rotatable bonds is 5. The highest BCUT2D eigenvalue weighted by atomic mass is 32.1. The minimum atomic E-state index is -0.234. The monoisotopic (exact) mass is 354 g/mol. The van der Waals surface area contributed by atoms with Crippen molar-refractivity contribution in [3.63, 3.8) is 0 Å². The zero-order valence-corrected chi connectivity index (χ0v) is 14.5. The van der Waals surface area contributed by atoms with Gasteiger partial charge in [-0.3, -0.25) is 10.1 Å². The molecule has 0 aliphatic carbocycles. The average molecular weight is 354 g/mol. The lowest BCUT2D eigenvalue weighted by Gasteiger charge is -2.17. The van der Waals surface area contributed by atoms with Gasteiger partial charge in [-0.15, -0.1) is 11.3 Å². The summed E-state index contributed by atoms with van der Waals surface area (Å²) in [5, 5.41) is 6.09. The van der Waals surface area contributed by atoms with E-state index in [-0.39, 0.29) is 12.5 Å². The third-order valence-electron chi connectivity index (χ3n) is 4.14. The number of aromatic nitrogens is 2. The van der Waals surface area contributed by atoms with Gasteiger partial charge in [-0.1, -0.05) is 12.1 Å². The standard InChI is InChI=1S/C18H18N4O2S/c23-16(21-18-19-8-11-25-18)12-24-14-5-3-4-13-6-7-15(20-17(13)14)22-9-1-2-10-22/h3-8,11H,1-2,9-10,12H2,(H,19,21,23). The summed E-state index contributed by atoms with van der Waals surface area (Å²) in [6.45, 7) is 2.00. The van der Waals surface area contributed by atoms with E-state index < -0.39 is 0 Å². The molecule has 0 saturated carbocycles. The average Bonchev–Trinajstić information content (AvgIpc) is 3.33. The van der Waals surface area contributed by atoms with Crippen molar-refractivity contribution < 1.29 is 9.53 Å². The number of thiazole rings is 1. The second-order valence-corrected chi connectivity index (χ2v) is 6.76. The van der Waals surface area contributed by atoms with E-state index in [1.54, 1.807) is 6.20 Å². The van der Waals surface area contributed by atoms with E-state index in [0.29, 0.717) is 10.9 Å². The van der Waals surface area contributed by atoms with E-state index in [0.717, 1.165) is 29.8 Å². The van der Waals surface area contributed by atoms with Crippen LogP contribution in [-0.2, 0) is 4.79 Å². The second kappa shape index (κ2) is 7.06. The third kappa shape index (κ3) is 3.56. The molecule has 1 amide bonds. The fourth-order valence-electron chi connectivity index (χ4n) is 2.93. The first-order chi connectivity index (χ1) is 12.3. The number of nitrogens with one attached hydrogen (secondary N) is 1. The molecule has 0 bridgehead atoms. The third-order valence-corrected chi connectivity index (χ3v) is 4.82. The van der Waals surface area contributed by atoms with Gasteiger partial charge in [0.2, 0.25) is 0 Å². The number of para-hydroxylation sites is 1. The Labute approximate surface area is 149 Å². The Hall–Kier alpha value is -2.67. The molecule has 3 aromatic rings. The predicted octanol–water partition coefficient (Wildman–Crippen LogP) is 3.31. The van der Waals surface area contributed by atoms with Crippen LogP contribution in [0.2, 0.25) is 0 Å². The predicted molar refractivity (Wildman–Crippen MR) is 99.4 cm³/mol. The van der Waals surface area contributed by atoms with Gasteiger partial charge in [0.1, 0.15) is 17.1 Å². The Morgan fingerprint density at radius 2 is 2.12 bits per heavy atom. The first kappa shape index (κ1) is 15.8. The van der Waals surface area contributed by atoms with E-state index in [9.17, 15) is 4.79 Å². The van der Waals surface area contributed by atoms with Crippen LogP contribution in [0.25, 0.3) is 10.9 Å². The lowest BCUT2D eigenvalue weighted by molar-refractivity contribution is -0.118. The summed E-state index contributed by atoms with van der Waals surface area (Å²) in [5.74, 6) is 1.35. The lowest BCUT2D eigenvalue weighted by atomic mass is 10.2. The molecule has 1 saturated heterocycles. The maximum absolute atomic E-state index is 12.0. The molecule has 1 aliphatic rings. The quantitative estimate of drug-likeness (QED) is 0.761. The summed E-state index contributed by atoms with van der Waals surface area (Å²) in [6, 6.07) is 9.86. The number of nitrogens with zero attached hydrogens (tertiary/aromatic N) is 3. The van der Waals surface area contributed by atoms with E-state index >= 15 is 0 Å². The molecule has 4 rings (SSSR count). The Balaban J connectivity index is 1.52. The molecule has 2 aromatic heterocycles. The topological polar surface area (TPSA) is 67.3 Å². The van der Waals surface area contributed by atoms with Crippen LogP contribution in [0.15, 0.2) is 41.9 Å². The number of anilines is 2. The molecule has 1 N–H and O–H groups in total. The smallest absolute Gasteiger partial charge is 0.264 e. The molecule has 0 spiro atoms. The van der Waals surface area contributed by atoms with E-state index in [4.69, 9.17) is 9.72 Å². The number of hydrogen-bond donors (Lipinski definition) is 1. The Morgan fingerprint density at radius 1 is 1.24 bits per heavy atom. The molecule has 0 radical (unpaired) electrons. The molecule has 25 heavy (non-hydrogen) atoms. The minimum absolute atomic E-state index is 0.0751. The van der Waals surface area contributed by atoms with Crippen molar-refractivity contribution in [2.45, 2.75) is 12.8 Å². The molecule has 0 atom stereocenters. The van der Waals surface area contributed by atoms with Gasteiger partial charge in [0.25, 0.3) is 5.91 Å². The van der Waals surface area contributed by atoms with Crippen LogP contribution in [-0.4, -0.2) is 35.6 Å². The molecule has 0 unspecified atom stereocenters. The van der Waals surface area contributed by atoms with Crippen molar-refractivity contribution in [3.05, 3.63) is 41.9 Å². The van der Waals surface area contributed by atoms with Crippen molar-refractivity contribution >= 4 is 39.1 Å². The van der Waals surface area contributed by atoms with Crippen LogP contribution >= 0.6 is 11.3 Å². The van der Waals surface area contributed by atoms with Crippen LogP contribution < -0.4 is 15.0 Å². The number of fused-ring (bicyclic) bond motifs is 1. The summed E-state index contributed by atoms with van der Waals surface area (Å²) in [7, 11) is 0. The van der Waals surface area contributed by atoms with Crippen molar-refractivity contribution in [1.29, 1.82) is 0 Å². The number of ether oxygens (including phenoxy) is 1. The number of amides is 1. The van der Waals surface area contributed by atoms with E-state index in [2.05, 4.69) is 21.3 Å². The first-order valence-corrected chi connectivity index (χ1v) is 9.14. The van der Waals surface area contributed by atoms with Crippen LogP contribution in [0.4, 0.5) is 10.9 Å². The summed E-state index contributed by atoms with van der Waals surface area (Å²) < 4.78 is 5.73. The molecule has 128 valence electrons. The summed E-state index contributed by atoms with van der Waals surface area (Å²) in [5.41, 5.74) is 0.786. The maximum atomic E-state index is 12.0. The Morgan fingerprint density at radius 3 is 2.92 bits per heavy atom. The van der Waals surface area contributed by atoms with Crippen molar-refractivity contribution in [3.8, 4) is 5.75 Å². The van der Waals surface area contributed by atoms with Crippen LogP contribution in [0.3, 0.4) is 0 Å². The molecule has 1 aliphatic heterocycles. The highest BCUT2D eigenvalue weighted by Gasteiger charge is 2.15. The molecule has 7 heteroatoms. The van der Waals surface area contributed by atoms with Gasteiger partial charge in [-0.05, 0) is 31.0 Å². The molecule has 3 heterocycles. The van der Waals surface area contributed by atoms with Crippen molar-refractivity contribution in [2.75, 3.05) is 29.9 Å². The van der Waals surface area contributed by atoms with E-state index in [1.165, 1.54) is 24.2 Å². The normalized spacial score (nSPS) is 14.0. The zero-order valence-electron chi connectivity index (χ0n) is 13.6. The van der Waals surface area contributed by atoms with Gasteiger partial charge in [0.15, 0.2) is 11.7 Å². The molecule has 6 nitrogen and oxygen atoms in total. The fraction of sp³-hybridized carbons (Fsp3) is 0.278. The van der Waals surface area contributed by atoms with Gasteiger partial charge in [0, 0.05) is 30.1 Å². The number of hydrogen-bond acceptors (Lipinski definition) is 6. The zero-order chi connectivity index (χ0) is 17.1. The molecular formula is C18H18N4O2S. The van der Waals surface area contributed by atoms with Crippen molar-refractivity contribution in [2.24, 2.45) is 0 Å². The number of carbonyl (C=O) groups is 1. The second-order valence-electron chi connectivity index (χ2n) is 5.87. The Bertz CT molecular complexity index is 876. The van der Waals surface area contributed by atoms with Gasteiger partial charge in [0.05, 0.1) is 0 Å². The molecule has 1 aromatic carbocycles. The maximum Gasteiger partial charge on any atom is 0.264 e. The van der Waals surface area contributed by atoms with E-state index in [1.807, 2.05) is 29.6 Å². The molecular weight excluding hydrogens is 336 g/mol. The number of pyridine rings is 1. The number of benzene rings is 1. The lowest BCUT2D eigenvalue weighted by Crippen LogP contribution is -2.20.